The quantitative estimate of drug-likeness (QED) is 0.275. The molecule has 1 aliphatic rings. The van der Waals surface area contributed by atoms with Crippen LogP contribution in [0, 0.1) is 5.82 Å². The maximum Gasteiger partial charge on any atom is 0.251 e. The fourth-order valence-corrected chi connectivity index (χ4v) is 4.96. The van der Waals surface area contributed by atoms with E-state index in [1.165, 1.54) is 25.0 Å². The van der Waals surface area contributed by atoms with E-state index in [0.717, 1.165) is 36.5 Å². The van der Waals surface area contributed by atoms with Crippen LogP contribution in [0.1, 0.15) is 49.5 Å². The highest BCUT2D eigenvalue weighted by Gasteiger charge is 2.26. The van der Waals surface area contributed by atoms with Gasteiger partial charge in [-0.3, -0.25) is 4.79 Å². The fraction of sp³-hybridized carbons (Fsp3) is 0.355. The lowest BCUT2D eigenvalue weighted by Crippen LogP contribution is -2.50. The van der Waals surface area contributed by atoms with E-state index < -0.39 is 0 Å². The van der Waals surface area contributed by atoms with Gasteiger partial charge in [-0.15, -0.1) is 0 Å². The molecule has 9 heteroatoms. The van der Waals surface area contributed by atoms with Crippen LogP contribution in [0.2, 0.25) is 0 Å². The van der Waals surface area contributed by atoms with Gasteiger partial charge in [-0.25, -0.2) is 14.4 Å². The first-order valence-corrected chi connectivity index (χ1v) is 13.7. The Labute approximate surface area is 234 Å². The lowest BCUT2D eigenvalue weighted by Gasteiger charge is -2.31. The lowest BCUT2D eigenvalue weighted by atomic mass is 10.0. The van der Waals surface area contributed by atoms with Gasteiger partial charge < -0.3 is 20.3 Å². The summed E-state index contributed by atoms with van der Waals surface area (Å²) in [4.78, 5) is 29.3. The largest absolute Gasteiger partial charge is 0.476 e. The minimum atomic E-state index is -0.317. The number of halogens is 1. The number of carbonyl (C=O) groups is 1. The normalized spacial score (nSPS) is 13.9. The summed E-state index contributed by atoms with van der Waals surface area (Å²) >= 11 is 0. The molecule has 0 spiro atoms. The Morgan fingerprint density at radius 3 is 2.40 bits per heavy atom. The van der Waals surface area contributed by atoms with E-state index in [0.29, 0.717) is 41.6 Å². The molecule has 0 aliphatic carbocycles. The summed E-state index contributed by atoms with van der Waals surface area (Å²) in [6, 6.07) is 17.5. The molecular formula is C31H35FN6O2. The van der Waals surface area contributed by atoms with Gasteiger partial charge >= 0.3 is 0 Å². The second kappa shape index (κ2) is 12.0. The van der Waals surface area contributed by atoms with Crippen LogP contribution in [0.3, 0.4) is 0 Å². The van der Waals surface area contributed by atoms with Gasteiger partial charge in [0.25, 0.3) is 5.91 Å². The number of likely N-dealkylation sites (tertiary alicyclic amines) is 1. The average Bonchev–Trinajstić information content (AvgIpc) is 3.45. The molecule has 0 atom stereocenters. The molecule has 208 valence electrons. The Hall–Kier alpha value is -4.11. The van der Waals surface area contributed by atoms with Crippen molar-refractivity contribution in [2.24, 2.45) is 0 Å². The molecule has 0 radical (unpaired) electrons. The summed E-state index contributed by atoms with van der Waals surface area (Å²) in [5.41, 5.74) is 3.99. The molecule has 8 nitrogen and oxygen atoms in total. The Morgan fingerprint density at radius 1 is 0.975 bits per heavy atom. The predicted octanol–water partition coefficient (Wildman–Crippen LogP) is 5.45. The van der Waals surface area contributed by atoms with E-state index in [9.17, 15) is 9.18 Å². The van der Waals surface area contributed by atoms with E-state index in [1.807, 2.05) is 43.3 Å². The van der Waals surface area contributed by atoms with E-state index in [-0.39, 0.29) is 17.3 Å². The number of aromatic nitrogens is 3. The monoisotopic (exact) mass is 542 g/mol. The van der Waals surface area contributed by atoms with E-state index >= 15 is 0 Å². The molecule has 0 saturated carbocycles. The molecule has 0 unspecified atom stereocenters. The number of fused-ring (bicyclic) bond motifs is 1. The maximum absolute atomic E-state index is 13.2. The molecule has 5 rings (SSSR count). The zero-order valence-corrected chi connectivity index (χ0v) is 23.2. The van der Waals surface area contributed by atoms with Crippen LogP contribution in [-0.4, -0.2) is 57.5 Å². The number of hydrogen-bond acceptors (Lipinski definition) is 7. The third-order valence-electron chi connectivity index (χ3n) is 6.87. The number of nitrogens with zero attached hydrogens (tertiary/aromatic N) is 4. The maximum atomic E-state index is 13.2. The highest BCUT2D eigenvalue weighted by molar-refractivity contribution is 5.95. The molecule has 2 aromatic heterocycles. The Morgan fingerprint density at radius 2 is 1.70 bits per heavy atom. The average molecular weight is 543 g/mol. The lowest BCUT2D eigenvalue weighted by molar-refractivity contribution is 0.0894. The van der Waals surface area contributed by atoms with Gasteiger partial charge in [0.15, 0.2) is 5.52 Å². The minimum absolute atomic E-state index is 0.0880. The molecule has 1 fully saturated rings. The van der Waals surface area contributed by atoms with Crippen LogP contribution in [0.4, 0.5) is 10.3 Å². The summed E-state index contributed by atoms with van der Waals surface area (Å²) in [6.07, 6.45) is 2.45. The first kappa shape index (κ1) is 27.5. The van der Waals surface area contributed by atoms with Crippen LogP contribution in [0.15, 0.2) is 60.7 Å². The second-order valence-electron chi connectivity index (χ2n) is 10.7. The van der Waals surface area contributed by atoms with E-state index in [2.05, 4.69) is 39.3 Å². The predicted molar refractivity (Wildman–Crippen MR) is 155 cm³/mol. The Bertz CT molecular complexity index is 1470. The third kappa shape index (κ3) is 6.71. The van der Waals surface area contributed by atoms with Crippen LogP contribution in [0.5, 0.6) is 5.88 Å². The zero-order chi connectivity index (χ0) is 28.1. The molecule has 2 aromatic carbocycles. The SMILES string of the molecule is CCOc1nc(NCc2ccc(F)cc2)nc2ccc(-c3ccc(C(=O)NC(C)(C)CN4CCCC4)cc3)nc12. The van der Waals surface area contributed by atoms with Gasteiger partial charge in [0, 0.05) is 29.8 Å². The second-order valence-corrected chi connectivity index (χ2v) is 10.7. The zero-order valence-electron chi connectivity index (χ0n) is 23.2. The minimum Gasteiger partial charge on any atom is -0.476 e. The van der Waals surface area contributed by atoms with Crippen molar-refractivity contribution in [1.29, 1.82) is 0 Å². The van der Waals surface area contributed by atoms with Gasteiger partial charge in [-0.1, -0.05) is 24.3 Å². The number of carbonyl (C=O) groups excluding carboxylic acids is 1. The van der Waals surface area contributed by atoms with Gasteiger partial charge in [-0.2, -0.15) is 4.98 Å². The first-order chi connectivity index (χ1) is 19.3. The molecule has 1 amide bonds. The Kier molecular flexibility index (Phi) is 8.21. The van der Waals surface area contributed by atoms with Gasteiger partial charge in [0.2, 0.25) is 11.8 Å². The van der Waals surface area contributed by atoms with Crippen molar-refractivity contribution in [2.75, 3.05) is 31.6 Å². The van der Waals surface area contributed by atoms with Crippen LogP contribution >= 0.6 is 0 Å². The van der Waals surface area contributed by atoms with E-state index in [1.54, 1.807) is 12.1 Å². The van der Waals surface area contributed by atoms with Crippen LogP contribution in [0.25, 0.3) is 22.3 Å². The summed E-state index contributed by atoms with van der Waals surface area (Å²) < 4.78 is 19.0. The summed E-state index contributed by atoms with van der Waals surface area (Å²) in [7, 11) is 0. The molecule has 1 aliphatic heterocycles. The smallest absolute Gasteiger partial charge is 0.251 e. The van der Waals surface area contributed by atoms with Crippen LogP contribution < -0.4 is 15.4 Å². The molecule has 2 N–H and O–H groups in total. The van der Waals surface area contributed by atoms with Crippen molar-refractivity contribution in [1.82, 2.24) is 25.2 Å². The topological polar surface area (TPSA) is 92.3 Å². The molecular weight excluding hydrogens is 507 g/mol. The number of amides is 1. The first-order valence-electron chi connectivity index (χ1n) is 13.7. The Balaban J connectivity index is 1.31. The van der Waals surface area contributed by atoms with Crippen LogP contribution in [-0.2, 0) is 6.54 Å². The fourth-order valence-electron chi connectivity index (χ4n) is 4.96. The van der Waals surface area contributed by atoms with Crippen molar-refractivity contribution >= 4 is 22.9 Å². The van der Waals surface area contributed by atoms with Crippen molar-refractivity contribution in [3.8, 4) is 17.1 Å². The van der Waals surface area contributed by atoms with Gasteiger partial charge in [0.05, 0.1) is 17.8 Å². The highest BCUT2D eigenvalue weighted by atomic mass is 19.1. The number of anilines is 1. The molecule has 0 bridgehead atoms. The van der Waals surface area contributed by atoms with Crippen molar-refractivity contribution in [2.45, 2.75) is 45.7 Å². The number of hydrogen-bond donors (Lipinski definition) is 2. The summed E-state index contributed by atoms with van der Waals surface area (Å²) in [5, 5.41) is 6.36. The summed E-state index contributed by atoms with van der Waals surface area (Å²) in [5.74, 6) is 0.418. The van der Waals surface area contributed by atoms with Crippen molar-refractivity contribution in [3.05, 3.63) is 77.6 Å². The van der Waals surface area contributed by atoms with Gasteiger partial charge in [-0.05, 0) is 88.7 Å². The van der Waals surface area contributed by atoms with Gasteiger partial charge in [0.1, 0.15) is 5.82 Å². The number of benzene rings is 2. The number of pyridine rings is 1. The molecule has 1 saturated heterocycles. The van der Waals surface area contributed by atoms with Crippen molar-refractivity contribution in [3.63, 3.8) is 0 Å². The number of ether oxygens (including phenoxy) is 1. The number of rotatable bonds is 10. The summed E-state index contributed by atoms with van der Waals surface area (Å²) in [6.45, 7) is 9.92. The molecule has 3 heterocycles. The van der Waals surface area contributed by atoms with E-state index in [4.69, 9.17) is 9.72 Å². The molecule has 4 aromatic rings. The molecule has 40 heavy (non-hydrogen) atoms. The standard InChI is InChI=1S/C31H35FN6O2/c1-4-40-29-27-26(35-30(36-29)33-19-21-7-13-24(32)14-8-21)16-15-25(34-27)22-9-11-23(12-10-22)28(39)37-31(2,3)20-38-17-5-6-18-38/h7-16H,4-6,17-20H2,1-3H3,(H,37,39)(H,33,35,36). The third-order valence-corrected chi connectivity index (χ3v) is 6.87. The highest BCUT2D eigenvalue weighted by Crippen LogP contribution is 2.27. The number of nitrogens with one attached hydrogen (secondary N) is 2. The van der Waals surface area contributed by atoms with Crippen molar-refractivity contribution < 1.29 is 13.9 Å².